The molecule has 0 radical (unpaired) electrons. The number of guanidine groups is 1. The topological polar surface area (TPSA) is 65.5 Å². The van der Waals surface area contributed by atoms with E-state index in [1.807, 2.05) is 35.6 Å². The molecule has 3 N–H and O–H groups in total. The molecule has 148 valence electrons. The minimum atomic E-state index is -0.0582. The zero-order chi connectivity index (χ0) is 18.8. The first-order valence-electron chi connectivity index (χ1n) is 9.07. The lowest BCUT2D eigenvalue weighted by atomic mass is 10.1. The average molecular weight is 500 g/mol. The Morgan fingerprint density at radius 1 is 1.11 bits per heavy atom. The molecule has 0 spiro atoms. The number of halogens is 1. The third-order valence-electron chi connectivity index (χ3n) is 3.93. The summed E-state index contributed by atoms with van der Waals surface area (Å²) in [6.07, 6.45) is 1.90. The molecule has 0 atom stereocenters. The van der Waals surface area contributed by atoms with Gasteiger partial charge in [0.1, 0.15) is 0 Å². The highest BCUT2D eigenvalue weighted by molar-refractivity contribution is 14.0. The third kappa shape index (κ3) is 7.88. The largest absolute Gasteiger partial charge is 0.357 e. The maximum atomic E-state index is 11.7. The molecule has 1 aromatic carbocycles. The van der Waals surface area contributed by atoms with E-state index < -0.39 is 0 Å². The Morgan fingerprint density at radius 2 is 1.89 bits per heavy atom. The lowest BCUT2D eigenvalue weighted by Gasteiger charge is -2.11. The fourth-order valence-corrected chi connectivity index (χ4v) is 3.42. The summed E-state index contributed by atoms with van der Waals surface area (Å²) in [5, 5.41) is 9.30. The molecule has 0 bridgehead atoms. The molecule has 0 saturated heterocycles. The van der Waals surface area contributed by atoms with Crippen molar-refractivity contribution in [1.29, 1.82) is 0 Å². The number of amides is 1. The van der Waals surface area contributed by atoms with Gasteiger partial charge in [-0.1, -0.05) is 19.1 Å². The number of carbonyl (C=O) groups is 1. The molecule has 2 aromatic rings. The van der Waals surface area contributed by atoms with E-state index in [2.05, 4.69) is 46.9 Å². The molecule has 5 nitrogen and oxygen atoms in total. The zero-order valence-corrected chi connectivity index (χ0v) is 19.3. The van der Waals surface area contributed by atoms with E-state index >= 15 is 0 Å². The van der Waals surface area contributed by atoms with Gasteiger partial charge in [-0.25, -0.2) is 4.99 Å². The van der Waals surface area contributed by atoms with E-state index in [0.29, 0.717) is 12.1 Å². The van der Waals surface area contributed by atoms with Gasteiger partial charge in [-0.2, -0.15) is 0 Å². The van der Waals surface area contributed by atoms with E-state index in [-0.39, 0.29) is 29.9 Å². The van der Waals surface area contributed by atoms with Gasteiger partial charge in [-0.05, 0) is 49.6 Å². The van der Waals surface area contributed by atoms with Crippen LogP contribution in [0.3, 0.4) is 0 Å². The summed E-state index contributed by atoms with van der Waals surface area (Å²) in [6.45, 7) is 6.50. The molecule has 0 fully saturated rings. The first-order valence-corrected chi connectivity index (χ1v) is 9.88. The summed E-state index contributed by atoms with van der Waals surface area (Å²) >= 11 is 1.82. The van der Waals surface area contributed by atoms with Crippen molar-refractivity contribution in [2.75, 3.05) is 20.1 Å². The third-order valence-corrected chi connectivity index (χ3v) is 5.14. The van der Waals surface area contributed by atoms with Crippen molar-refractivity contribution in [3.8, 4) is 0 Å². The fraction of sp³-hybridized carbons (Fsp3) is 0.400. The van der Waals surface area contributed by atoms with Crippen molar-refractivity contribution >= 4 is 47.2 Å². The number of aryl methyl sites for hydroxylation is 1. The van der Waals surface area contributed by atoms with Crippen molar-refractivity contribution in [1.82, 2.24) is 16.0 Å². The summed E-state index contributed by atoms with van der Waals surface area (Å²) in [5.41, 5.74) is 1.82. The lowest BCUT2D eigenvalue weighted by Crippen LogP contribution is -2.38. The molecular weight excluding hydrogens is 471 g/mol. The lowest BCUT2D eigenvalue weighted by molar-refractivity contribution is 0.0963. The van der Waals surface area contributed by atoms with Gasteiger partial charge in [0.2, 0.25) is 0 Å². The first kappa shape index (κ1) is 23.4. The van der Waals surface area contributed by atoms with Crippen molar-refractivity contribution in [3.63, 3.8) is 0 Å². The molecule has 7 heteroatoms. The van der Waals surface area contributed by atoms with E-state index in [9.17, 15) is 4.79 Å². The van der Waals surface area contributed by atoms with Gasteiger partial charge >= 0.3 is 0 Å². The normalized spacial score (nSPS) is 10.9. The van der Waals surface area contributed by atoms with E-state index in [1.165, 1.54) is 9.75 Å². The van der Waals surface area contributed by atoms with Crippen LogP contribution >= 0.6 is 35.3 Å². The maximum absolute atomic E-state index is 11.7. The van der Waals surface area contributed by atoms with Gasteiger partial charge in [0.15, 0.2) is 5.96 Å². The minimum Gasteiger partial charge on any atom is -0.357 e. The number of hydrogen-bond acceptors (Lipinski definition) is 3. The standard InChI is InChI=1S/C20H28N4OS.HI/c1-4-17-9-10-18(26-17)14-24-20(22-5-2)23-12-11-15-7-6-8-16(13-15)19(25)21-3;/h6-10,13H,4-5,11-12,14H2,1-3H3,(H,21,25)(H2,22,23,24);1H. The maximum Gasteiger partial charge on any atom is 0.251 e. The second-order valence-corrected chi connectivity index (χ2v) is 7.13. The predicted octanol–water partition coefficient (Wildman–Crippen LogP) is 3.59. The van der Waals surface area contributed by atoms with Crippen LogP contribution < -0.4 is 16.0 Å². The Balaban J connectivity index is 0.00000364. The number of rotatable bonds is 8. The van der Waals surface area contributed by atoms with Crippen LogP contribution in [-0.4, -0.2) is 32.0 Å². The van der Waals surface area contributed by atoms with Gasteiger partial charge in [0, 0.05) is 35.5 Å². The van der Waals surface area contributed by atoms with E-state index in [4.69, 9.17) is 0 Å². The number of aliphatic imine (C=N–C) groups is 1. The Kier molecular flexibility index (Phi) is 11.0. The van der Waals surface area contributed by atoms with Crippen molar-refractivity contribution in [2.45, 2.75) is 33.2 Å². The van der Waals surface area contributed by atoms with Gasteiger partial charge in [-0.15, -0.1) is 35.3 Å². The van der Waals surface area contributed by atoms with Crippen LogP contribution in [0.25, 0.3) is 0 Å². The highest BCUT2D eigenvalue weighted by Gasteiger charge is 2.04. The molecule has 1 amide bonds. The van der Waals surface area contributed by atoms with Crippen molar-refractivity contribution in [2.24, 2.45) is 4.99 Å². The molecule has 1 aromatic heterocycles. The number of nitrogens with zero attached hydrogens (tertiary/aromatic N) is 1. The molecule has 1 heterocycles. The monoisotopic (exact) mass is 500 g/mol. The number of hydrogen-bond donors (Lipinski definition) is 3. The Bertz CT molecular complexity index is 745. The van der Waals surface area contributed by atoms with Gasteiger partial charge < -0.3 is 16.0 Å². The number of carbonyl (C=O) groups excluding carboxylic acids is 1. The number of thiophene rings is 1. The van der Waals surface area contributed by atoms with Crippen LogP contribution in [0.15, 0.2) is 41.4 Å². The molecular formula is C20H29IN4OS. The van der Waals surface area contributed by atoms with Crippen LogP contribution in [0.1, 0.15) is 39.5 Å². The Hall–Kier alpha value is -1.61. The van der Waals surface area contributed by atoms with Crippen molar-refractivity contribution < 1.29 is 4.79 Å². The molecule has 0 unspecified atom stereocenters. The summed E-state index contributed by atoms with van der Waals surface area (Å²) in [5.74, 6) is 0.763. The van der Waals surface area contributed by atoms with Crippen LogP contribution in [0.2, 0.25) is 0 Å². The van der Waals surface area contributed by atoms with Gasteiger partial charge in [-0.3, -0.25) is 4.79 Å². The van der Waals surface area contributed by atoms with Gasteiger partial charge in [0.05, 0.1) is 6.54 Å². The molecule has 2 rings (SSSR count). The quantitative estimate of drug-likeness (QED) is 0.295. The second-order valence-electron chi connectivity index (χ2n) is 5.87. The van der Waals surface area contributed by atoms with Crippen LogP contribution in [-0.2, 0) is 19.4 Å². The number of benzene rings is 1. The molecule has 27 heavy (non-hydrogen) atoms. The first-order chi connectivity index (χ1) is 12.7. The molecule has 0 saturated carbocycles. The summed E-state index contributed by atoms with van der Waals surface area (Å²) in [6, 6.07) is 12.0. The van der Waals surface area contributed by atoms with Crippen LogP contribution in [0.4, 0.5) is 0 Å². The van der Waals surface area contributed by atoms with Crippen LogP contribution in [0, 0.1) is 0 Å². The highest BCUT2D eigenvalue weighted by Crippen LogP contribution is 2.17. The molecule has 0 aliphatic rings. The Morgan fingerprint density at radius 3 is 2.56 bits per heavy atom. The average Bonchev–Trinajstić information content (AvgIpc) is 3.14. The minimum absolute atomic E-state index is 0. The number of nitrogens with one attached hydrogen (secondary N) is 3. The fourth-order valence-electron chi connectivity index (χ4n) is 2.53. The summed E-state index contributed by atoms with van der Waals surface area (Å²) in [7, 11) is 1.65. The Labute approximate surface area is 183 Å². The van der Waals surface area contributed by atoms with Crippen LogP contribution in [0.5, 0.6) is 0 Å². The second kappa shape index (κ2) is 12.7. The van der Waals surface area contributed by atoms with Gasteiger partial charge in [0.25, 0.3) is 5.91 Å². The van der Waals surface area contributed by atoms with E-state index in [1.54, 1.807) is 7.05 Å². The summed E-state index contributed by atoms with van der Waals surface area (Å²) in [4.78, 5) is 19.1. The summed E-state index contributed by atoms with van der Waals surface area (Å²) < 4.78 is 0. The smallest absolute Gasteiger partial charge is 0.251 e. The molecule has 0 aliphatic carbocycles. The predicted molar refractivity (Wildman–Crippen MR) is 125 cm³/mol. The highest BCUT2D eigenvalue weighted by atomic mass is 127. The molecule has 0 aliphatic heterocycles. The zero-order valence-electron chi connectivity index (χ0n) is 16.2. The van der Waals surface area contributed by atoms with E-state index in [0.717, 1.165) is 37.5 Å². The van der Waals surface area contributed by atoms with Crippen molar-refractivity contribution in [3.05, 3.63) is 57.3 Å². The SMILES string of the molecule is CCNC(=NCc1ccc(CC)s1)NCCc1cccc(C(=O)NC)c1.I.